The molecule has 0 aliphatic carbocycles. The Hall–Kier alpha value is -6.83. The monoisotopic (exact) mass is 1090 g/mol. The van der Waals surface area contributed by atoms with E-state index in [0.717, 1.165) is 47.9 Å². The second-order valence-electron chi connectivity index (χ2n) is 22.0. The molecular formula is C65H88O14. The van der Waals surface area contributed by atoms with Gasteiger partial charge in [-0.25, -0.2) is 0 Å². The van der Waals surface area contributed by atoms with Gasteiger partial charge in [0, 0.05) is 25.7 Å². The van der Waals surface area contributed by atoms with Crippen molar-refractivity contribution in [3.63, 3.8) is 0 Å². The lowest BCUT2D eigenvalue weighted by atomic mass is 9.77. The predicted molar refractivity (Wildman–Crippen MR) is 303 cm³/mol. The van der Waals surface area contributed by atoms with Gasteiger partial charge in [-0.1, -0.05) is 173 Å². The molecule has 0 radical (unpaired) electrons. The van der Waals surface area contributed by atoms with Gasteiger partial charge in [-0.2, -0.15) is 0 Å². The maximum absolute atomic E-state index is 13.7. The highest BCUT2D eigenvalue weighted by atomic mass is 16.6. The summed E-state index contributed by atoms with van der Waals surface area (Å²) in [5.74, 6) is -3.37. The second-order valence-corrected chi connectivity index (χ2v) is 22.0. The smallest absolute Gasteiger partial charge is 0.324 e. The van der Waals surface area contributed by atoms with Crippen LogP contribution in [0.4, 0.5) is 0 Å². The van der Waals surface area contributed by atoms with Crippen LogP contribution < -0.4 is 0 Å². The number of unbranched alkanes of at least 4 members (excludes halogenated alkanes) is 8. The van der Waals surface area contributed by atoms with Crippen molar-refractivity contribution in [1.29, 1.82) is 0 Å². The van der Waals surface area contributed by atoms with Gasteiger partial charge in [0.15, 0.2) is 5.41 Å². The Kier molecular flexibility index (Phi) is 31.2. The molecule has 0 atom stereocenters. The van der Waals surface area contributed by atoms with Gasteiger partial charge in [-0.15, -0.1) is 0 Å². The minimum absolute atomic E-state index is 0.221. The standard InChI is InChI=1S/C37H52O8.C28H36O6/c1-35(2,3)44-33(40)37(34(41)45-36(4,5)6,25-17-9-15-23-31(38)42-27-29-19-11-7-12-20-29)26-18-10-16-24-32(39)43-28-30-21-13-8-14-22-30;29-26(33-21-23-13-5-1-6-14-23)19-11-3-9-17-25(28(31)32)18-10-4-12-20-27(30)34-22-24-15-7-2-8-16-24/h7-8,11-14,19-22H,9-10,15-18,23-28H2,1-6H3;1-2,5-8,13-16,25H,3-4,9-12,17-22H2,(H,31,32). The average Bonchev–Trinajstić information content (AvgIpc) is 3.42. The van der Waals surface area contributed by atoms with Crippen LogP contribution in [-0.2, 0) is 88.4 Å². The van der Waals surface area contributed by atoms with Crippen LogP contribution in [0.15, 0.2) is 121 Å². The fourth-order valence-electron chi connectivity index (χ4n) is 8.42. The van der Waals surface area contributed by atoms with E-state index in [9.17, 15) is 38.7 Å². The van der Waals surface area contributed by atoms with Crippen LogP contribution >= 0.6 is 0 Å². The number of carboxylic acid groups (broad SMARTS) is 1. The van der Waals surface area contributed by atoms with E-state index >= 15 is 0 Å². The largest absolute Gasteiger partial charge is 0.481 e. The van der Waals surface area contributed by atoms with Crippen molar-refractivity contribution in [2.75, 3.05) is 0 Å². The molecule has 0 aliphatic heterocycles. The Morgan fingerprint density at radius 2 is 0.620 bits per heavy atom. The molecule has 0 heterocycles. The Morgan fingerprint density at radius 1 is 0.367 bits per heavy atom. The fourth-order valence-corrected chi connectivity index (χ4v) is 8.42. The molecular weight excluding hydrogens is 1000 g/mol. The normalized spacial score (nSPS) is 11.4. The van der Waals surface area contributed by atoms with Crippen LogP contribution in [0, 0.1) is 11.3 Å². The third-order valence-corrected chi connectivity index (χ3v) is 12.7. The molecule has 0 unspecified atom stereocenters. The first-order valence-electron chi connectivity index (χ1n) is 28.2. The van der Waals surface area contributed by atoms with Crippen molar-refractivity contribution >= 4 is 41.8 Å². The highest BCUT2D eigenvalue weighted by molar-refractivity contribution is 6.00. The van der Waals surface area contributed by atoms with Gasteiger partial charge < -0.3 is 33.5 Å². The summed E-state index contributed by atoms with van der Waals surface area (Å²) >= 11 is 0. The summed E-state index contributed by atoms with van der Waals surface area (Å²) in [5.41, 5.74) is 0.685. The van der Waals surface area contributed by atoms with Gasteiger partial charge >= 0.3 is 41.8 Å². The molecule has 0 spiro atoms. The maximum atomic E-state index is 13.7. The van der Waals surface area contributed by atoms with E-state index in [4.69, 9.17) is 28.4 Å². The number of rotatable bonds is 35. The number of carboxylic acids is 1. The highest BCUT2D eigenvalue weighted by Gasteiger charge is 2.50. The summed E-state index contributed by atoms with van der Waals surface area (Å²) in [6.45, 7) is 11.6. The summed E-state index contributed by atoms with van der Waals surface area (Å²) in [7, 11) is 0. The van der Waals surface area contributed by atoms with E-state index in [0.29, 0.717) is 77.0 Å². The number of hydrogen-bond donors (Lipinski definition) is 1. The molecule has 0 bridgehead atoms. The first-order valence-corrected chi connectivity index (χ1v) is 28.2. The lowest BCUT2D eigenvalue weighted by molar-refractivity contribution is -0.187. The van der Waals surface area contributed by atoms with Crippen LogP contribution in [0.25, 0.3) is 0 Å². The minimum Gasteiger partial charge on any atom is -0.481 e. The molecule has 0 aromatic heterocycles. The van der Waals surface area contributed by atoms with Crippen molar-refractivity contribution in [2.45, 2.75) is 208 Å². The van der Waals surface area contributed by atoms with Crippen LogP contribution in [-0.4, -0.2) is 58.1 Å². The minimum atomic E-state index is -1.50. The van der Waals surface area contributed by atoms with E-state index in [1.54, 1.807) is 41.5 Å². The van der Waals surface area contributed by atoms with Crippen LogP contribution in [0.1, 0.15) is 192 Å². The first kappa shape index (κ1) is 66.4. The Morgan fingerprint density at radius 3 is 0.861 bits per heavy atom. The molecule has 4 aromatic carbocycles. The number of hydrogen-bond acceptors (Lipinski definition) is 13. The summed E-state index contributed by atoms with van der Waals surface area (Å²) < 4.78 is 32.8. The van der Waals surface area contributed by atoms with Crippen molar-refractivity contribution in [3.05, 3.63) is 144 Å². The number of aliphatic carboxylic acids is 1. The van der Waals surface area contributed by atoms with Crippen LogP contribution in [0.5, 0.6) is 0 Å². The van der Waals surface area contributed by atoms with Crippen molar-refractivity contribution < 1.29 is 67.1 Å². The van der Waals surface area contributed by atoms with E-state index in [1.807, 2.05) is 121 Å². The molecule has 14 heteroatoms. The van der Waals surface area contributed by atoms with Crippen molar-refractivity contribution in [2.24, 2.45) is 11.3 Å². The second kappa shape index (κ2) is 37.1. The Bertz CT molecular complexity index is 2210. The topological polar surface area (TPSA) is 195 Å². The Labute approximate surface area is 469 Å². The average molecular weight is 1090 g/mol. The van der Waals surface area contributed by atoms with E-state index < -0.39 is 34.5 Å². The lowest BCUT2D eigenvalue weighted by Gasteiger charge is -2.35. The third-order valence-electron chi connectivity index (χ3n) is 12.7. The van der Waals surface area contributed by atoms with E-state index in [1.165, 1.54) is 0 Å². The summed E-state index contributed by atoms with van der Waals surface area (Å²) in [4.78, 5) is 87.2. The molecule has 14 nitrogen and oxygen atoms in total. The van der Waals surface area contributed by atoms with Gasteiger partial charge in [0.1, 0.15) is 37.6 Å². The van der Waals surface area contributed by atoms with Crippen molar-refractivity contribution in [1.82, 2.24) is 0 Å². The summed E-state index contributed by atoms with van der Waals surface area (Å²) in [6.07, 6.45) is 10.9. The van der Waals surface area contributed by atoms with E-state index in [-0.39, 0.29) is 81.9 Å². The summed E-state index contributed by atoms with van der Waals surface area (Å²) in [6, 6.07) is 38.1. The molecule has 1 N–H and O–H groups in total. The number of ether oxygens (including phenoxy) is 6. The zero-order chi connectivity index (χ0) is 57.8. The predicted octanol–water partition coefficient (Wildman–Crippen LogP) is 14.1. The van der Waals surface area contributed by atoms with Crippen molar-refractivity contribution in [3.8, 4) is 0 Å². The molecule has 79 heavy (non-hydrogen) atoms. The maximum Gasteiger partial charge on any atom is 0.324 e. The van der Waals surface area contributed by atoms with Crippen LogP contribution in [0.2, 0.25) is 0 Å². The van der Waals surface area contributed by atoms with Crippen LogP contribution in [0.3, 0.4) is 0 Å². The van der Waals surface area contributed by atoms with Gasteiger partial charge in [0.2, 0.25) is 0 Å². The van der Waals surface area contributed by atoms with E-state index in [2.05, 4.69) is 0 Å². The molecule has 4 aromatic rings. The molecule has 0 saturated heterocycles. The first-order chi connectivity index (χ1) is 37.7. The number of benzene rings is 4. The SMILES string of the molecule is CC(C)(C)OC(=O)C(CCCCCC(=O)OCc1ccccc1)(CCCCCC(=O)OCc1ccccc1)C(=O)OC(C)(C)C.O=C(CCCCCC(CCCCCC(=O)OCc1ccccc1)C(=O)O)OCc1ccccc1. The molecule has 0 amide bonds. The number of esters is 6. The molecule has 0 saturated carbocycles. The Balaban J connectivity index is 0.000000431. The van der Waals surface area contributed by atoms with Gasteiger partial charge in [-0.3, -0.25) is 33.6 Å². The molecule has 432 valence electrons. The fraction of sp³-hybridized carbons (Fsp3) is 0.523. The number of carbonyl (C=O) groups is 7. The lowest BCUT2D eigenvalue weighted by Crippen LogP contribution is -2.46. The zero-order valence-corrected chi connectivity index (χ0v) is 47.8. The molecule has 0 fully saturated rings. The number of carbonyl (C=O) groups excluding carboxylic acids is 6. The summed E-state index contributed by atoms with van der Waals surface area (Å²) in [5, 5.41) is 9.47. The zero-order valence-electron chi connectivity index (χ0n) is 47.8. The molecule has 4 rings (SSSR count). The quantitative estimate of drug-likeness (QED) is 0.0198. The van der Waals surface area contributed by atoms with Gasteiger partial charge in [-0.05, 0) is 115 Å². The third kappa shape index (κ3) is 30.8. The van der Waals surface area contributed by atoms with Gasteiger partial charge in [0.05, 0.1) is 5.92 Å². The van der Waals surface area contributed by atoms with Gasteiger partial charge in [0.25, 0.3) is 0 Å². The highest BCUT2D eigenvalue weighted by Crippen LogP contribution is 2.38. The molecule has 0 aliphatic rings.